The highest BCUT2D eigenvalue weighted by molar-refractivity contribution is 6.33. The number of nitrogen functional groups attached to an aromatic ring is 1. The quantitative estimate of drug-likeness (QED) is 0.507. The van der Waals surface area contributed by atoms with E-state index < -0.39 is 0 Å². The van der Waals surface area contributed by atoms with Crippen LogP contribution in [0.25, 0.3) is 22.3 Å². The lowest BCUT2D eigenvalue weighted by molar-refractivity contribution is 0.687. The van der Waals surface area contributed by atoms with Gasteiger partial charge in [-0.05, 0) is 0 Å². The predicted molar refractivity (Wildman–Crippen MR) is 70.9 cm³/mol. The molecule has 0 aliphatic rings. The molecule has 0 amide bonds. The molecule has 4 rings (SSSR count). The van der Waals surface area contributed by atoms with E-state index in [9.17, 15) is 0 Å². The average molecular weight is 288 g/mol. The lowest BCUT2D eigenvalue weighted by atomic mass is 10.5. The van der Waals surface area contributed by atoms with E-state index in [1.165, 1.54) is 6.33 Å². The van der Waals surface area contributed by atoms with Crippen LogP contribution in [0.1, 0.15) is 0 Å². The van der Waals surface area contributed by atoms with Gasteiger partial charge < -0.3 is 5.73 Å². The maximum atomic E-state index is 5.98. The van der Waals surface area contributed by atoms with Crippen LogP contribution in [0.3, 0.4) is 0 Å². The second kappa shape index (κ2) is 3.84. The van der Waals surface area contributed by atoms with Gasteiger partial charge in [0, 0.05) is 0 Å². The van der Waals surface area contributed by atoms with Gasteiger partial charge in [-0.2, -0.15) is 4.98 Å². The minimum Gasteiger partial charge on any atom is -0.368 e. The second-order valence-corrected chi connectivity index (χ2v) is 4.31. The van der Waals surface area contributed by atoms with Gasteiger partial charge in [-0.25, -0.2) is 34.3 Å². The number of anilines is 1. The van der Waals surface area contributed by atoms with E-state index in [1.807, 2.05) is 0 Å². The summed E-state index contributed by atoms with van der Waals surface area (Å²) in [6, 6.07) is 0. The molecule has 0 fully saturated rings. The van der Waals surface area contributed by atoms with Gasteiger partial charge in [0.1, 0.15) is 30.0 Å². The van der Waals surface area contributed by atoms with E-state index in [0.29, 0.717) is 22.3 Å². The maximum absolute atomic E-state index is 5.98. The summed E-state index contributed by atoms with van der Waals surface area (Å²) in [5.41, 5.74) is 7.81. The molecule has 0 aromatic carbocycles. The van der Waals surface area contributed by atoms with Crippen molar-refractivity contribution in [2.45, 2.75) is 0 Å². The molecule has 4 heterocycles. The van der Waals surface area contributed by atoms with Crippen molar-refractivity contribution < 1.29 is 0 Å². The van der Waals surface area contributed by atoms with E-state index in [0.717, 1.165) is 0 Å². The number of halogens is 1. The van der Waals surface area contributed by atoms with Crippen molar-refractivity contribution in [2.75, 3.05) is 5.73 Å². The molecule has 0 radical (unpaired) electrons. The van der Waals surface area contributed by atoms with Crippen molar-refractivity contribution in [3.8, 4) is 0 Å². The number of fused-ring (bicyclic) bond motifs is 2. The zero-order valence-electron chi connectivity index (χ0n) is 9.84. The van der Waals surface area contributed by atoms with Gasteiger partial charge in [0.15, 0.2) is 16.4 Å². The molecule has 0 saturated heterocycles. The number of nitrogens with zero attached hydrogens (tertiary/aromatic N) is 8. The fraction of sp³-hybridized carbons (Fsp3) is 0. The summed E-state index contributed by atoms with van der Waals surface area (Å²) in [5.74, 6) is 0.163. The molecule has 0 aliphatic carbocycles. The lowest BCUT2D eigenvalue weighted by Crippen LogP contribution is -2.08. The van der Waals surface area contributed by atoms with Crippen LogP contribution in [0, 0.1) is 0 Å². The highest BCUT2D eigenvalue weighted by atomic mass is 35.5. The van der Waals surface area contributed by atoms with Crippen LogP contribution in [0.2, 0.25) is 5.15 Å². The molecular weight excluding hydrogens is 282 g/mol. The highest BCUT2D eigenvalue weighted by Crippen LogP contribution is 2.19. The summed E-state index contributed by atoms with van der Waals surface area (Å²) in [6.45, 7) is 0. The third-order valence-electron chi connectivity index (χ3n) is 2.80. The summed E-state index contributed by atoms with van der Waals surface area (Å²) < 4.78 is 3.32. The molecule has 20 heavy (non-hydrogen) atoms. The summed E-state index contributed by atoms with van der Waals surface area (Å²) in [5, 5.41) is 0.285. The summed E-state index contributed by atoms with van der Waals surface area (Å²) in [7, 11) is 0. The molecule has 4 aromatic heterocycles. The van der Waals surface area contributed by atoms with Gasteiger partial charge in [0.25, 0.3) is 0 Å². The van der Waals surface area contributed by atoms with Gasteiger partial charge in [-0.15, -0.1) is 0 Å². The Hall–Kier alpha value is -2.81. The Morgan fingerprint density at radius 1 is 0.950 bits per heavy atom. The van der Waals surface area contributed by atoms with Crippen molar-refractivity contribution in [2.24, 2.45) is 0 Å². The number of rotatable bonds is 1. The Balaban J connectivity index is 2.06. The van der Waals surface area contributed by atoms with E-state index >= 15 is 0 Å². The van der Waals surface area contributed by atoms with Crippen LogP contribution in [0.4, 0.5) is 5.95 Å². The summed E-state index contributed by atoms with van der Waals surface area (Å²) in [4.78, 5) is 24.5. The fourth-order valence-corrected chi connectivity index (χ4v) is 2.10. The first-order valence-electron chi connectivity index (χ1n) is 5.54. The molecule has 0 spiro atoms. The SMILES string of the molecule is Nc1ncc2ncn(-n3cnc4c(Cl)ncnc43)c2n1. The van der Waals surface area contributed by atoms with E-state index in [-0.39, 0.29) is 11.1 Å². The lowest BCUT2D eigenvalue weighted by Gasteiger charge is -2.04. The Morgan fingerprint density at radius 3 is 2.65 bits per heavy atom. The molecule has 10 heteroatoms. The minimum atomic E-state index is 0.163. The van der Waals surface area contributed by atoms with Gasteiger partial charge in [0.2, 0.25) is 5.95 Å². The first-order chi connectivity index (χ1) is 9.74. The van der Waals surface area contributed by atoms with E-state index in [2.05, 4.69) is 29.9 Å². The van der Waals surface area contributed by atoms with Crippen molar-refractivity contribution in [1.82, 2.24) is 39.3 Å². The van der Waals surface area contributed by atoms with Crippen molar-refractivity contribution in [1.29, 1.82) is 0 Å². The molecule has 2 N–H and O–H groups in total. The van der Waals surface area contributed by atoms with E-state index in [4.69, 9.17) is 17.3 Å². The number of imidazole rings is 2. The first-order valence-corrected chi connectivity index (χ1v) is 5.91. The number of hydrogen-bond acceptors (Lipinski definition) is 7. The van der Waals surface area contributed by atoms with Gasteiger partial charge in [0.05, 0.1) is 6.20 Å². The normalized spacial score (nSPS) is 11.4. The van der Waals surface area contributed by atoms with Crippen molar-refractivity contribution in [3.63, 3.8) is 0 Å². The van der Waals surface area contributed by atoms with Crippen LogP contribution in [0.15, 0.2) is 25.2 Å². The first kappa shape index (κ1) is 11.1. The Labute approximate surface area is 116 Å². The van der Waals surface area contributed by atoms with Crippen LogP contribution >= 0.6 is 11.6 Å². The Bertz CT molecular complexity index is 937. The number of nitrogens with two attached hydrogens (primary N) is 1. The molecule has 98 valence electrons. The Kier molecular flexibility index (Phi) is 2.12. The standard InChI is InChI=1S/C10H6ClN9/c11-7-6-9(15-2-14-7)20(4-17-6)19-3-16-5-1-13-10(12)18-8(5)19/h1-4H,(H2,12,13,18). The molecular formula is C10H6ClN9. The van der Waals surface area contributed by atoms with Gasteiger partial charge >= 0.3 is 0 Å². The third-order valence-corrected chi connectivity index (χ3v) is 3.07. The van der Waals surface area contributed by atoms with Crippen LogP contribution < -0.4 is 5.73 Å². The zero-order chi connectivity index (χ0) is 13.7. The van der Waals surface area contributed by atoms with Crippen LogP contribution in [-0.2, 0) is 0 Å². The highest BCUT2D eigenvalue weighted by Gasteiger charge is 2.13. The minimum absolute atomic E-state index is 0.163. The predicted octanol–water partition coefficient (Wildman–Crippen LogP) is 0.513. The van der Waals surface area contributed by atoms with Gasteiger partial charge in [-0.1, -0.05) is 11.6 Å². The zero-order valence-corrected chi connectivity index (χ0v) is 10.6. The summed E-state index contributed by atoms with van der Waals surface area (Å²) >= 11 is 5.98. The number of hydrogen-bond donors (Lipinski definition) is 1. The largest absolute Gasteiger partial charge is 0.368 e. The van der Waals surface area contributed by atoms with Crippen LogP contribution in [-0.4, -0.2) is 39.3 Å². The van der Waals surface area contributed by atoms with E-state index in [1.54, 1.807) is 28.2 Å². The molecule has 9 nitrogen and oxygen atoms in total. The maximum Gasteiger partial charge on any atom is 0.222 e. The molecule has 0 atom stereocenters. The third kappa shape index (κ3) is 1.43. The van der Waals surface area contributed by atoms with Gasteiger partial charge in [-0.3, -0.25) is 0 Å². The molecule has 0 bridgehead atoms. The fourth-order valence-electron chi connectivity index (χ4n) is 1.92. The number of aromatic nitrogens is 8. The monoisotopic (exact) mass is 287 g/mol. The summed E-state index contributed by atoms with van der Waals surface area (Å²) in [6.07, 6.45) is 6.06. The topological polar surface area (TPSA) is 113 Å². The molecule has 0 unspecified atom stereocenters. The molecule has 0 saturated carbocycles. The second-order valence-electron chi connectivity index (χ2n) is 3.95. The van der Waals surface area contributed by atoms with Crippen molar-refractivity contribution in [3.05, 3.63) is 30.3 Å². The smallest absolute Gasteiger partial charge is 0.222 e. The van der Waals surface area contributed by atoms with Crippen molar-refractivity contribution >= 4 is 39.9 Å². The average Bonchev–Trinajstić information content (AvgIpc) is 3.02. The molecule has 0 aliphatic heterocycles. The molecule has 4 aromatic rings. The Morgan fingerprint density at radius 2 is 1.75 bits per heavy atom. The van der Waals surface area contributed by atoms with Crippen LogP contribution in [0.5, 0.6) is 0 Å².